The van der Waals surface area contributed by atoms with Gasteiger partial charge in [0.15, 0.2) is 0 Å². The van der Waals surface area contributed by atoms with Crippen LogP contribution in [0.5, 0.6) is 5.75 Å². The molecule has 1 atom stereocenters. The van der Waals surface area contributed by atoms with Gasteiger partial charge in [-0.1, -0.05) is 38.1 Å². The zero-order chi connectivity index (χ0) is 23.4. The summed E-state index contributed by atoms with van der Waals surface area (Å²) < 4.78 is 7.49. The monoisotopic (exact) mass is 448 g/mol. The molecule has 2 amide bonds. The number of para-hydroxylation sites is 4. The maximum absolute atomic E-state index is 13.2. The minimum absolute atomic E-state index is 0.0352. The average molecular weight is 449 g/mol. The largest absolute Gasteiger partial charge is 0.495 e. The van der Waals surface area contributed by atoms with Crippen molar-refractivity contribution in [1.29, 1.82) is 0 Å². The number of carbonyl (C=O) groups is 2. The van der Waals surface area contributed by atoms with E-state index in [1.54, 1.807) is 12.0 Å². The van der Waals surface area contributed by atoms with Crippen molar-refractivity contribution < 1.29 is 14.3 Å². The molecule has 0 spiro atoms. The minimum atomic E-state index is -0.103. The van der Waals surface area contributed by atoms with Gasteiger partial charge in [-0.05, 0) is 37.1 Å². The van der Waals surface area contributed by atoms with E-state index in [4.69, 9.17) is 9.72 Å². The molecule has 4 rings (SSSR count). The molecule has 33 heavy (non-hydrogen) atoms. The van der Waals surface area contributed by atoms with E-state index in [9.17, 15) is 9.59 Å². The first-order valence-electron chi connectivity index (χ1n) is 11.7. The number of carbonyl (C=O) groups excluding carboxylic acids is 2. The van der Waals surface area contributed by atoms with Crippen LogP contribution in [0, 0.1) is 0 Å². The third-order valence-corrected chi connectivity index (χ3v) is 6.18. The van der Waals surface area contributed by atoms with Crippen LogP contribution in [-0.2, 0) is 16.1 Å². The molecule has 0 N–H and O–H groups in total. The fourth-order valence-electron chi connectivity index (χ4n) is 4.67. The summed E-state index contributed by atoms with van der Waals surface area (Å²) in [4.78, 5) is 34.8. The molecule has 0 bridgehead atoms. The summed E-state index contributed by atoms with van der Waals surface area (Å²) in [5.74, 6) is 1.49. The van der Waals surface area contributed by atoms with Gasteiger partial charge in [0.2, 0.25) is 11.8 Å². The number of amides is 2. The molecule has 0 radical (unpaired) electrons. The number of rotatable bonds is 9. The number of nitrogens with zero attached hydrogens (tertiary/aromatic N) is 4. The molecular formula is C26H32N4O3. The van der Waals surface area contributed by atoms with Gasteiger partial charge in [0.25, 0.3) is 0 Å². The maximum atomic E-state index is 13.2. The van der Waals surface area contributed by atoms with Crippen molar-refractivity contribution in [2.24, 2.45) is 0 Å². The molecule has 1 aliphatic rings. The lowest BCUT2D eigenvalue weighted by Gasteiger charge is -2.23. The van der Waals surface area contributed by atoms with Gasteiger partial charge in [0, 0.05) is 32.0 Å². The Bertz CT molecular complexity index is 1130. The van der Waals surface area contributed by atoms with Gasteiger partial charge < -0.3 is 19.1 Å². The van der Waals surface area contributed by atoms with Crippen molar-refractivity contribution in [2.45, 2.75) is 45.6 Å². The third kappa shape index (κ3) is 4.58. The van der Waals surface area contributed by atoms with Crippen molar-refractivity contribution >= 4 is 28.5 Å². The summed E-state index contributed by atoms with van der Waals surface area (Å²) in [5.41, 5.74) is 2.54. The van der Waals surface area contributed by atoms with Crippen LogP contribution in [0.25, 0.3) is 11.0 Å². The van der Waals surface area contributed by atoms with Gasteiger partial charge in [-0.25, -0.2) is 4.98 Å². The van der Waals surface area contributed by atoms with Crippen LogP contribution in [0.3, 0.4) is 0 Å². The second-order valence-corrected chi connectivity index (χ2v) is 8.50. The van der Waals surface area contributed by atoms with Crippen LogP contribution in [0.4, 0.5) is 5.69 Å². The van der Waals surface area contributed by atoms with Crippen LogP contribution < -0.4 is 9.64 Å². The van der Waals surface area contributed by atoms with Crippen molar-refractivity contribution in [2.75, 3.05) is 31.6 Å². The number of imidazole rings is 1. The number of fused-ring (bicyclic) bond motifs is 1. The minimum Gasteiger partial charge on any atom is -0.495 e. The smallest absolute Gasteiger partial charge is 0.242 e. The Morgan fingerprint density at radius 2 is 1.79 bits per heavy atom. The molecule has 1 saturated heterocycles. The molecule has 1 aliphatic heterocycles. The number of anilines is 1. The Balaban J connectivity index is 1.67. The van der Waals surface area contributed by atoms with Crippen LogP contribution in [0.2, 0.25) is 0 Å². The molecule has 7 nitrogen and oxygen atoms in total. The lowest BCUT2D eigenvalue weighted by molar-refractivity contribution is -0.131. The molecule has 7 heteroatoms. The van der Waals surface area contributed by atoms with E-state index >= 15 is 0 Å². The summed E-state index contributed by atoms with van der Waals surface area (Å²) in [6, 6.07) is 15.4. The normalized spacial score (nSPS) is 15.9. The van der Waals surface area contributed by atoms with Crippen LogP contribution in [0.15, 0.2) is 48.5 Å². The lowest BCUT2D eigenvalue weighted by atomic mass is 10.1. The first-order valence-corrected chi connectivity index (χ1v) is 11.7. The summed E-state index contributed by atoms with van der Waals surface area (Å²) >= 11 is 0. The summed E-state index contributed by atoms with van der Waals surface area (Å²) in [7, 11) is 1.61. The summed E-state index contributed by atoms with van der Waals surface area (Å²) in [6.07, 6.45) is 2.20. The summed E-state index contributed by atoms with van der Waals surface area (Å²) in [5, 5.41) is 0. The van der Waals surface area contributed by atoms with Crippen molar-refractivity contribution in [3.8, 4) is 5.75 Å². The molecule has 1 aromatic heterocycles. The van der Waals surface area contributed by atoms with Gasteiger partial charge in [-0.3, -0.25) is 9.59 Å². The standard InChI is InChI=1S/C26H32N4O3/c1-4-14-28(15-5-2)25(32)18-30-21-11-7-6-10-20(21)27-26(30)19-16-24(31)29(17-19)22-12-8-9-13-23(22)33-3/h6-13,19H,4-5,14-18H2,1-3H3/t19-/m1/s1. The first kappa shape index (κ1) is 22.8. The molecule has 1 fully saturated rings. The Morgan fingerprint density at radius 3 is 2.52 bits per heavy atom. The van der Waals surface area contributed by atoms with Crippen molar-refractivity contribution in [3.05, 3.63) is 54.4 Å². The molecule has 0 unspecified atom stereocenters. The predicted octanol–water partition coefficient (Wildman–Crippen LogP) is 4.21. The first-order chi connectivity index (χ1) is 16.1. The number of ether oxygens (including phenoxy) is 1. The highest BCUT2D eigenvalue weighted by Gasteiger charge is 2.36. The van der Waals surface area contributed by atoms with E-state index in [1.165, 1.54) is 0 Å². The quantitative estimate of drug-likeness (QED) is 0.492. The molecule has 2 aromatic carbocycles. The second-order valence-electron chi connectivity index (χ2n) is 8.50. The molecule has 3 aromatic rings. The number of hydrogen-bond donors (Lipinski definition) is 0. The second kappa shape index (κ2) is 10.1. The van der Waals surface area contributed by atoms with Gasteiger partial charge in [-0.15, -0.1) is 0 Å². The number of methoxy groups -OCH3 is 1. The van der Waals surface area contributed by atoms with Crippen molar-refractivity contribution in [3.63, 3.8) is 0 Å². The molecular weight excluding hydrogens is 416 g/mol. The lowest BCUT2D eigenvalue weighted by Crippen LogP contribution is -2.35. The molecule has 2 heterocycles. The maximum Gasteiger partial charge on any atom is 0.242 e. The number of hydrogen-bond acceptors (Lipinski definition) is 4. The van der Waals surface area contributed by atoms with Crippen molar-refractivity contribution in [1.82, 2.24) is 14.5 Å². The summed E-state index contributed by atoms with van der Waals surface area (Å²) in [6.45, 7) is 6.41. The van der Waals surface area contributed by atoms with Gasteiger partial charge >= 0.3 is 0 Å². The Kier molecular flexibility index (Phi) is 6.96. The fourth-order valence-corrected chi connectivity index (χ4v) is 4.67. The van der Waals surface area contributed by atoms with Crippen LogP contribution in [0.1, 0.15) is 44.9 Å². The average Bonchev–Trinajstić information content (AvgIpc) is 3.39. The molecule has 174 valence electrons. The molecule has 0 aliphatic carbocycles. The van der Waals surface area contributed by atoms with E-state index in [0.717, 1.165) is 48.5 Å². The topological polar surface area (TPSA) is 67.7 Å². The van der Waals surface area contributed by atoms with E-state index < -0.39 is 0 Å². The number of aromatic nitrogens is 2. The SMILES string of the molecule is CCCN(CCC)C(=O)Cn1c([C@@H]2CC(=O)N(c3ccccc3OC)C2)nc2ccccc21. The van der Waals surface area contributed by atoms with E-state index in [2.05, 4.69) is 13.8 Å². The zero-order valence-corrected chi connectivity index (χ0v) is 19.7. The van der Waals surface area contributed by atoms with Crippen LogP contribution in [-0.4, -0.2) is 53.0 Å². The molecule has 0 saturated carbocycles. The van der Waals surface area contributed by atoms with Gasteiger partial charge in [0.05, 0.1) is 23.8 Å². The Hall–Kier alpha value is -3.35. The fraction of sp³-hybridized carbons (Fsp3) is 0.423. The van der Waals surface area contributed by atoms with E-state index in [0.29, 0.717) is 18.7 Å². The van der Waals surface area contributed by atoms with Gasteiger partial charge in [-0.2, -0.15) is 0 Å². The predicted molar refractivity (Wildman–Crippen MR) is 130 cm³/mol. The van der Waals surface area contributed by atoms with Crippen LogP contribution >= 0.6 is 0 Å². The Labute approximate surface area is 195 Å². The van der Waals surface area contributed by atoms with E-state index in [1.807, 2.05) is 58.0 Å². The highest BCUT2D eigenvalue weighted by molar-refractivity contribution is 5.98. The third-order valence-electron chi connectivity index (χ3n) is 6.18. The van der Waals surface area contributed by atoms with Gasteiger partial charge in [0.1, 0.15) is 18.1 Å². The number of benzene rings is 2. The highest BCUT2D eigenvalue weighted by Crippen LogP contribution is 2.37. The zero-order valence-electron chi connectivity index (χ0n) is 19.7. The van der Waals surface area contributed by atoms with E-state index in [-0.39, 0.29) is 24.3 Å². The highest BCUT2D eigenvalue weighted by atomic mass is 16.5. The Morgan fingerprint density at radius 1 is 1.09 bits per heavy atom.